The van der Waals surface area contributed by atoms with Crippen LogP contribution in [-0.4, -0.2) is 24.3 Å². The number of halogens is 2. The average molecular weight is 315 g/mol. The number of hydrogen-bond acceptors (Lipinski definition) is 5. The molecule has 1 aromatic heterocycles. The standard InChI is InChI=1S/C13H12ClFN2O2S/c14-13-17-5-10(20-13)4-16-8-1-2-12(11(15)3-8)19-9-6-18-7-9/h1-3,5,9,16H,4,6-7H2. The first-order valence-corrected chi connectivity index (χ1v) is 7.28. The van der Waals surface area contributed by atoms with Gasteiger partial charge in [0.2, 0.25) is 0 Å². The van der Waals surface area contributed by atoms with Gasteiger partial charge >= 0.3 is 0 Å². The molecule has 106 valence electrons. The monoisotopic (exact) mass is 314 g/mol. The first-order valence-electron chi connectivity index (χ1n) is 6.09. The number of aromatic nitrogens is 1. The smallest absolute Gasteiger partial charge is 0.183 e. The lowest BCUT2D eigenvalue weighted by atomic mass is 10.2. The van der Waals surface area contributed by atoms with Gasteiger partial charge in [0, 0.05) is 22.8 Å². The van der Waals surface area contributed by atoms with Crippen LogP contribution < -0.4 is 10.1 Å². The minimum absolute atomic E-state index is 0.0392. The number of nitrogens with zero attached hydrogens (tertiary/aromatic N) is 1. The van der Waals surface area contributed by atoms with Crippen molar-refractivity contribution in [3.8, 4) is 5.75 Å². The molecule has 1 aliphatic rings. The fourth-order valence-corrected chi connectivity index (χ4v) is 2.64. The number of ether oxygens (including phenoxy) is 2. The van der Waals surface area contributed by atoms with Crippen molar-refractivity contribution >= 4 is 28.6 Å². The molecule has 1 aliphatic heterocycles. The second-order valence-electron chi connectivity index (χ2n) is 4.36. The number of benzene rings is 1. The van der Waals surface area contributed by atoms with Crippen LogP contribution in [0.15, 0.2) is 24.4 Å². The first kappa shape index (κ1) is 13.6. The summed E-state index contributed by atoms with van der Waals surface area (Å²) in [5.74, 6) is -0.131. The van der Waals surface area contributed by atoms with E-state index in [1.54, 1.807) is 18.3 Å². The molecule has 2 heterocycles. The Balaban J connectivity index is 1.60. The third-order valence-electron chi connectivity index (χ3n) is 2.83. The molecule has 1 N–H and O–H groups in total. The summed E-state index contributed by atoms with van der Waals surface area (Å²) in [4.78, 5) is 4.94. The van der Waals surface area contributed by atoms with Gasteiger partial charge in [0.05, 0.1) is 19.8 Å². The van der Waals surface area contributed by atoms with Crippen LogP contribution in [0.1, 0.15) is 4.88 Å². The Bertz CT molecular complexity index is 604. The summed E-state index contributed by atoms with van der Waals surface area (Å²) >= 11 is 7.14. The van der Waals surface area contributed by atoms with Crippen LogP contribution in [0.25, 0.3) is 0 Å². The van der Waals surface area contributed by atoms with Crippen LogP contribution in [-0.2, 0) is 11.3 Å². The molecule has 20 heavy (non-hydrogen) atoms. The molecule has 0 radical (unpaired) electrons. The molecular formula is C13H12ClFN2O2S. The number of thiazole rings is 1. The summed E-state index contributed by atoms with van der Waals surface area (Å²) in [5, 5.41) is 3.12. The van der Waals surface area contributed by atoms with E-state index in [4.69, 9.17) is 21.1 Å². The lowest BCUT2D eigenvalue weighted by Gasteiger charge is -2.26. The SMILES string of the molecule is Fc1cc(NCc2cnc(Cl)s2)ccc1OC1COC1. The Hall–Kier alpha value is -1.37. The largest absolute Gasteiger partial charge is 0.483 e. The summed E-state index contributed by atoms with van der Waals surface area (Å²) in [6.45, 7) is 1.59. The van der Waals surface area contributed by atoms with Gasteiger partial charge in [0.1, 0.15) is 6.10 Å². The van der Waals surface area contributed by atoms with Crippen LogP contribution in [0.4, 0.5) is 10.1 Å². The molecule has 0 saturated carbocycles. The zero-order chi connectivity index (χ0) is 13.9. The van der Waals surface area contributed by atoms with E-state index in [-0.39, 0.29) is 17.7 Å². The molecule has 0 bridgehead atoms. The number of nitrogens with one attached hydrogen (secondary N) is 1. The van der Waals surface area contributed by atoms with Gasteiger partial charge < -0.3 is 14.8 Å². The summed E-state index contributed by atoms with van der Waals surface area (Å²) in [7, 11) is 0. The van der Waals surface area contributed by atoms with Gasteiger partial charge in [-0.05, 0) is 12.1 Å². The molecule has 1 aromatic carbocycles. The van der Waals surface area contributed by atoms with E-state index in [1.165, 1.54) is 17.4 Å². The fourth-order valence-electron chi connectivity index (χ4n) is 1.72. The van der Waals surface area contributed by atoms with Gasteiger partial charge in [-0.1, -0.05) is 11.6 Å². The summed E-state index contributed by atoms with van der Waals surface area (Å²) in [6, 6.07) is 4.81. The minimum Gasteiger partial charge on any atom is -0.483 e. The first-order chi connectivity index (χ1) is 9.70. The van der Waals surface area contributed by atoms with Gasteiger partial charge in [-0.25, -0.2) is 9.37 Å². The maximum atomic E-state index is 13.9. The fraction of sp³-hybridized carbons (Fsp3) is 0.308. The molecule has 1 fully saturated rings. The van der Waals surface area contributed by atoms with Crippen LogP contribution in [0.2, 0.25) is 4.47 Å². The van der Waals surface area contributed by atoms with Crippen molar-refractivity contribution in [2.24, 2.45) is 0 Å². The maximum Gasteiger partial charge on any atom is 0.183 e. The third-order valence-corrected chi connectivity index (χ3v) is 3.94. The van der Waals surface area contributed by atoms with E-state index < -0.39 is 0 Å². The predicted molar refractivity (Wildman–Crippen MR) is 76.1 cm³/mol. The van der Waals surface area contributed by atoms with E-state index in [0.717, 1.165) is 4.88 Å². The van der Waals surface area contributed by atoms with E-state index in [9.17, 15) is 4.39 Å². The third kappa shape index (κ3) is 3.20. The van der Waals surface area contributed by atoms with Crippen molar-refractivity contribution in [2.45, 2.75) is 12.6 Å². The highest BCUT2D eigenvalue weighted by Crippen LogP contribution is 2.25. The number of hydrogen-bond donors (Lipinski definition) is 1. The molecule has 4 nitrogen and oxygen atoms in total. The maximum absolute atomic E-state index is 13.9. The molecule has 0 atom stereocenters. The highest BCUT2D eigenvalue weighted by molar-refractivity contribution is 7.15. The molecule has 1 saturated heterocycles. The van der Waals surface area contributed by atoms with Crippen molar-refractivity contribution in [1.29, 1.82) is 0 Å². The highest BCUT2D eigenvalue weighted by Gasteiger charge is 2.21. The quantitative estimate of drug-likeness (QED) is 0.919. The Kier molecular flexibility index (Phi) is 4.05. The van der Waals surface area contributed by atoms with Gasteiger partial charge in [-0.15, -0.1) is 11.3 Å². The van der Waals surface area contributed by atoms with Gasteiger partial charge in [0.25, 0.3) is 0 Å². The number of rotatable bonds is 5. The molecule has 2 aromatic rings. The molecule has 7 heteroatoms. The number of anilines is 1. The molecule has 0 spiro atoms. The zero-order valence-electron chi connectivity index (χ0n) is 10.4. The van der Waals surface area contributed by atoms with Gasteiger partial charge in [-0.2, -0.15) is 0 Å². The second-order valence-corrected chi connectivity index (χ2v) is 6.05. The topological polar surface area (TPSA) is 43.4 Å². The van der Waals surface area contributed by atoms with Gasteiger partial charge in [-0.3, -0.25) is 0 Å². The van der Waals surface area contributed by atoms with Crippen molar-refractivity contribution in [3.63, 3.8) is 0 Å². The van der Waals surface area contributed by atoms with Crippen LogP contribution >= 0.6 is 22.9 Å². The Labute approximate surface area is 124 Å². The van der Waals surface area contributed by atoms with Crippen LogP contribution in [0, 0.1) is 5.82 Å². The lowest BCUT2D eigenvalue weighted by Crippen LogP contribution is -2.38. The van der Waals surface area contributed by atoms with Gasteiger partial charge in [0.15, 0.2) is 16.0 Å². The Morgan fingerprint density at radius 1 is 1.50 bits per heavy atom. The van der Waals surface area contributed by atoms with E-state index in [2.05, 4.69) is 10.3 Å². The van der Waals surface area contributed by atoms with Crippen LogP contribution in [0.5, 0.6) is 5.75 Å². The second kappa shape index (κ2) is 5.95. The van der Waals surface area contributed by atoms with E-state index in [0.29, 0.717) is 29.9 Å². The summed E-state index contributed by atoms with van der Waals surface area (Å²) in [5.41, 5.74) is 0.684. The Morgan fingerprint density at radius 3 is 2.95 bits per heavy atom. The molecule has 0 amide bonds. The lowest BCUT2D eigenvalue weighted by molar-refractivity contribution is -0.0808. The van der Waals surface area contributed by atoms with E-state index >= 15 is 0 Å². The molecular weight excluding hydrogens is 303 g/mol. The average Bonchev–Trinajstić information content (AvgIpc) is 2.79. The molecule has 0 aliphatic carbocycles. The van der Waals surface area contributed by atoms with Crippen molar-refractivity contribution in [1.82, 2.24) is 4.98 Å². The van der Waals surface area contributed by atoms with Crippen molar-refractivity contribution in [2.75, 3.05) is 18.5 Å². The zero-order valence-corrected chi connectivity index (χ0v) is 12.0. The van der Waals surface area contributed by atoms with Crippen molar-refractivity contribution in [3.05, 3.63) is 39.6 Å². The summed E-state index contributed by atoms with van der Waals surface area (Å²) < 4.78 is 24.8. The highest BCUT2D eigenvalue weighted by atomic mass is 35.5. The Morgan fingerprint density at radius 2 is 2.35 bits per heavy atom. The normalized spacial score (nSPS) is 14.9. The predicted octanol–water partition coefficient (Wildman–Crippen LogP) is 3.33. The van der Waals surface area contributed by atoms with Crippen LogP contribution in [0.3, 0.4) is 0 Å². The molecule has 3 rings (SSSR count). The minimum atomic E-state index is -0.385. The van der Waals surface area contributed by atoms with E-state index in [1.807, 2.05) is 0 Å². The molecule has 0 unspecified atom stereocenters. The van der Waals surface area contributed by atoms with Crippen molar-refractivity contribution < 1.29 is 13.9 Å². The summed E-state index contributed by atoms with van der Waals surface area (Å²) in [6.07, 6.45) is 1.66.